The minimum Gasteiger partial charge on any atom is -0.455 e. The Labute approximate surface area is 238 Å². The number of carbonyl (C=O) groups is 1. The molecule has 1 aliphatic rings. The molecule has 4 aromatic rings. The van der Waals surface area contributed by atoms with Crippen molar-refractivity contribution >= 4 is 42.6 Å². The first kappa shape index (κ1) is 28.8. The molecule has 1 aromatic heterocycles. The first-order valence-corrected chi connectivity index (χ1v) is 16.3. The molecule has 1 saturated heterocycles. The molecular weight excluding hydrogens is 569 g/mol. The molecule has 0 unspecified atom stereocenters. The summed E-state index contributed by atoms with van der Waals surface area (Å²) in [6.07, 6.45) is 1.16. The normalized spacial score (nSPS) is 16.5. The van der Waals surface area contributed by atoms with Gasteiger partial charge in [-0.05, 0) is 73.7 Å². The predicted molar refractivity (Wildman–Crippen MR) is 155 cm³/mol. The number of amides is 1. The van der Waals surface area contributed by atoms with Crippen molar-refractivity contribution in [3.8, 4) is 11.3 Å². The minimum atomic E-state index is -3.78. The predicted octanol–water partition coefficient (Wildman–Crippen LogP) is 4.93. The number of piperidine rings is 1. The van der Waals surface area contributed by atoms with Gasteiger partial charge in [0.25, 0.3) is 5.91 Å². The Kier molecular flexibility index (Phi) is 7.91. The highest BCUT2D eigenvalue weighted by atomic mass is 32.2. The number of furan rings is 1. The average molecular weight is 600 g/mol. The number of benzene rings is 3. The van der Waals surface area contributed by atoms with Crippen LogP contribution >= 0.6 is 0 Å². The van der Waals surface area contributed by atoms with Crippen molar-refractivity contribution in [3.63, 3.8) is 0 Å². The van der Waals surface area contributed by atoms with Crippen LogP contribution in [0.5, 0.6) is 0 Å². The summed E-state index contributed by atoms with van der Waals surface area (Å²) < 4.78 is 76.0. The first-order valence-electron chi connectivity index (χ1n) is 13.2. The zero-order valence-electron chi connectivity index (χ0n) is 22.6. The maximum Gasteiger partial charge on any atom is 0.255 e. The number of halogens is 1. The molecule has 0 saturated carbocycles. The Morgan fingerprint density at radius 1 is 1.05 bits per heavy atom. The lowest BCUT2D eigenvalue weighted by atomic mass is 9.89. The van der Waals surface area contributed by atoms with Gasteiger partial charge in [-0.15, -0.1) is 0 Å². The van der Waals surface area contributed by atoms with Crippen molar-refractivity contribution in [1.29, 1.82) is 0 Å². The van der Waals surface area contributed by atoms with Gasteiger partial charge in [-0.2, -0.15) is 4.31 Å². The van der Waals surface area contributed by atoms with Crippen LogP contribution in [0.3, 0.4) is 0 Å². The van der Waals surface area contributed by atoms with E-state index in [-0.39, 0.29) is 45.7 Å². The molecule has 2 heterocycles. The Hall–Kier alpha value is -3.74. The minimum absolute atomic E-state index is 0.127. The van der Waals surface area contributed by atoms with Crippen molar-refractivity contribution in [2.24, 2.45) is 0 Å². The lowest BCUT2D eigenvalue weighted by Gasteiger charge is -2.33. The monoisotopic (exact) mass is 599 g/mol. The number of rotatable bonds is 8. The van der Waals surface area contributed by atoms with Crippen LogP contribution in [0.2, 0.25) is 0 Å². The molecule has 0 spiro atoms. The van der Waals surface area contributed by atoms with Crippen LogP contribution in [0.15, 0.2) is 76.0 Å². The lowest BCUT2D eigenvalue weighted by molar-refractivity contribution is 0.0964. The maximum absolute atomic E-state index is 13.6. The number of sulfonamides is 2. The van der Waals surface area contributed by atoms with E-state index in [1.165, 1.54) is 48.6 Å². The van der Waals surface area contributed by atoms with Crippen molar-refractivity contribution in [1.82, 2.24) is 9.62 Å². The number of hydrogen-bond acceptors (Lipinski definition) is 6. The molecule has 1 fully saturated rings. The van der Waals surface area contributed by atoms with Crippen LogP contribution in [0.4, 0.5) is 10.1 Å². The zero-order valence-corrected chi connectivity index (χ0v) is 24.2. The summed E-state index contributed by atoms with van der Waals surface area (Å²) in [4.78, 5) is 13.3. The van der Waals surface area contributed by atoms with Gasteiger partial charge in [-0.3, -0.25) is 9.52 Å². The van der Waals surface area contributed by atoms with Crippen molar-refractivity contribution in [2.45, 2.75) is 30.6 Å². The highest BCUT2D eigenvalue weighted by Crippen LogP contribution is 2.41. The van der Waals surface area contributed by atoms with Crippen LogP contribution in [-0.4, -0.2) is 52.9 Å². The molecule has 0 radical (unpaired) electrons. The summed E-state index contributed by atoms with van der Waals surface area (Å²) >= 11 is 0. The van der Waals surface area contributed by atoms with Gasteiger partial charge in [0.1, 0.15) is 17.2 Å². The summed E-state index contributed by atoms with van der Waals surface area (Å²) in [5.41, 5.74) is 1.75. The molecule has 5 rings (SSSR count). The third-order valence-corrected chi connectivity index (χ3v) is 10.4. The molecule has 9 nitrogen and oxygen atoms in total. The van der Waals surface area contributed by atoms with E-state index >= 15 is 0 Å². The molecule has 1 amide bonds. The van der Waals surface area contributed by atoms with E-state index in [2.05, 4.69) is 10.0 Å². The Morgan fingerprint density at radius 3 is 2.41 bits per heavy atom. The van der Waals surface area contributed by atoms with Gasteiger partial charge in [-0.25, -0.2) is 21.2 Å². The Morgan fingerprint density at radius 2 is 1.76 bits per heavy atom. The van der Waals surface area contributed by atoms with Gasteiger partial charge in [0.05, 0.1) is 21.9 Å². The van der Waals surface area contributed by atoms with Crippen LogP contribution in [-0.2, 0) is 20.0 Å². The summed E-state index contributed by atoms with van der Waals surface area (Å²) in [7, 11) is -6.01. The summed E-state index contributed by atoms with van der Waals surface area (Å²) in [5.74, 6) is -1.22. The van der Waals surface area contributed by atoms with Crippen LogP contribution in [0.1, 0.15) is 41.6 Å². The number of nitrogens with zero attached hydrogens (tertiary/aromatic N) is 1. The fourth-order valence-corrected chi connectivity index (χ4v) is 7.34. The van der Waals surface area contributed by atoms with E-state index in [4.69, 9.17) is 4.42 Å². The van der Waals surface area contributed by atoms with Gasteiger partial charge in [0.2, 0.25) is 20.0 Å². The molecular formula is C29H30FN3O6S2. The average Bonchev–Trinajstić information content (AvgIpc) is 3.35. The number of anilines is 1. The number of nitrogens with one attached hydrogen (secondary N) is 2. The third-order valence-electron chi connectivity index (χ3n) is 7.27. The van der Waals surface area contributed by atoms with Gasteiger partial charge in [-0.1, -0.05) is 18.2 Å². The van der Waals surface area contributed by atoms with E-state index in [9.17, 15) is 26.0 Å². The number of carbonyl (C=O) groups excluding carboxylic acids is 1. The maximum atomic E-state index is 13.6. The summed E-state index contributed by atoms with van der Waals surface area (Å²) in [5, 5.41) is 3.05. The second-order valence-electron chi connectivity index (χ2n) is 9.85. The summed E-state index contributed by atoms with van der Waals surface area (Å²) in [6, 6.07) is 16.9. The van der Waals surface area contributed by atoms with Gasteiger partial charge in [0, 0.05) is 37.2 Å². The van der Waals surface area contributed by atoms with E-state index in [0.717, 1.165) is 0 Å². The Balaban J connectivity index is 1.66. The van der Waals surface area contributed by atoms with E-state index in [1.54, 1.807) is 36.4 Å². The standard InChI is InChI=1S/C29H30FN3O6S2/c1-3-40(35,36)32-25-17-26-24(27(29(34)31-2)28(39-26)19-11-13-21(30)14-12-19)16-23(25)20-8-7-15-33(18-20)41(37,38)22-9-5-4-6-10-22/h4-6,9-14,16-17,20,32H,3,7-8,15,18H2,1-2H3,(H,31,34)/t20-/m0/s1. The van der Waals surface area contributed by atoms with Crippen molar-refractivity contribution in [2.75, 3.05) is 30.6 Å². The molecule has 216 valence electrons. The van der Waals surface area contributed by atoms with E-state index in [1.807, 2.05) is 0 Å². The molecule has 1 atom stereocenters. The Bertz CT molecular complexity index is 1800. The first-order chi connectivity index (χ1) is 19.5. The highest BCUT2D eigenvalue weighted by molar-refractivity contribution is 7.92. The quantitative estimate of drug-likeness (QED) is 0.296. The molecule has 1 aliphatic heterocycles. The summed E-state index contributed by atoms with van der Waals surface area (Å²) in [6.45, 7) is 1.97. The SMILES string of the molecule is CCS(=O)(=O)Nc1cc2oc(-c3ccc(F)cc3)c(C(=O)NC)c2cc1[C@H]1CCCN(S(=O)(=O)c2ccccc2)C1. The van der Waals surface area contributed by atoms with Crippen molar-refractivity contribution in [3.05, 3.63) is 83.7 Å². The smallest absolute Gasteiger partial charge is 0.255 e. The van der Waals surface area contributed by atoms with Crippen LogP contribution < -0.4 is 10.0 Å². The molecule has 41 heavy (non-hydrogen) atoms. The second kappa shape index (κ2) is 11.3. The topological polar surface area (TPSA) is 126 Å². The second-order valence-corrected chi connectivity index (χ2v) is 13.8. The highest BCUT2D eigenvalue weighted by Gasteiger charge is 2.33. The van der Waals surface area contributed by atoms with Gasteiger partial charge < -0.3 is 9.73 Å². The van der Waals surface area contributed by atoms with Crippen molar-refractivity contribution < 1.29 is 30.4 Å². The van der Waals surface area contributed by atoms with Gasteiger partial charge >= 0.3 is 0 Å². The van der Waals surface area contributed by atoms with Gasteiger partial charge in [0.15, 0.2) is 0 Å². The van der Waals surface area contributed by atoms with Crippen LogP contribution in [0, 0.1) is 5.82 Å². The third kappa shape index (κ3) is 5.72. The lowest BCUT2D eigenvalue weighted by Crippen LogP contribution is -2.39. The van der Waals surface area contributed by atoms with E-state index < -0.39 is 31.8 Å². The molecule has 0 aliphatic carbocycles. The van der Waals surface area contributed by atoms with Crippen LogP contribution in [0.25, 0.3) is 22.3 Å². The molecule has 2 N–H and O–H groups in total. The fourth-order valence-electron chi connectivity index (χ4n) is 5.14. The number of hydrogen-bond donors (Lipinski definition) is 2. The zero-order chi connectivity index (χ0) is 29.4. The van der Waals surface area contributed by atoms with E-state index in [0.29, 0.717) is 35.9 Å². The fraction of sp³-hybridized carbons (Fsp3) is 0.276. The molecule has 0 bridgehead atoms. The largest absolute Gasteiger partial charge is 0.455 e. The molecule has 12 heteroatoms. The molecule has 3 aromatic carbocycles. The number of fused-ring (bicyclic) bond motifs is 1.